The molecule has 76 valence electrons. The largest absolute Gasteiger partial charge is 0.307 e. The summed E-state index contributed by atoms with van der Waals surface area (Å²) in [5, 5.41) is 3.34. The van der Waals surface area contributed by atoms with E-state index in [1.165, 1.54) is 11.1 Å². The number of hydrogen-bond acceptors (Lipinski definition) is 1. The Morgan fingerprint density at radius 1 is 1.50 bits per heavy atom. The highest BCUT2D eigenvalue weighted by molar-refractivity contribution is 9.10. The predicted molar refractivity (Wildman–Crippen MR) is 65.6 cm³/mol. The van der Waals surface area contributed by atoms with Crippen molar-refractivity contribution in [2.24, 2.45) is 0 Å². The van der Waals surface area contributed by atoms with E-state index in [4.69, 9.17) is 11.6 Å². The second-order valence-corrected chi connectivity index (χ2v) is 4.12. The van der Waals surface area contributed by atoms with Crippen LogP contribution in [0.15, 0.2) is 40.3 Å². The van der Waals surface area contributed by atoms with Crippen LogP contribution in [-0.4, -0.2) is 6.54 Å². The molecule has 0 saturated heterocycles. The predicted octanol–water partition coefficient (Wildman–Crippen LogP) is 3.85. The molecule has 1 nitrogen and oxygen atoms in total. The van der Waals surface area contributed by atoms with E-state index in [1.54, 1.807) is 0 Å². The number of benzene rings is 1. The molecule has 0 heterocycles. The molecule has 1 aromatic rings. The van der Waals surface area contributed by atoms with E-state index in [1.807, 2.05) is 24.3 Å². The zero-order valence-electron chi connectivity index (χ0n) is 8.00. The van der Waals surface area contributed by atoms with Crippen molar-refractivity contribution in [1.82, 2.24) is 5.32 Å². The molecular weight excluding hydrogens is 261 g/mol. The van der Waals surface area contributed by atoms with Crippen LogP contribution in [0.5, 0.6) is 0 Å². The summed E-state index contributed by atoms with van der Waals surface area (Å²) in [6.45, 7) is 2.91. The Labute approximate surface area is 98.3 Å². The van der Waals surface area contributed by atoms with Crippen molar-refractivity contribution in [3.8, 4) is 0 Å². The Bertz CT molecular complexity index is 312. The van der Waals surface area contributed by atoms with Gasteiger partial charge in [-0.15, -0.1) is 0 Å². The van der Waals surface area contributed by atoms with Crippen molar-refractivity contribution in [1.29, 1.82) is 0 Å². The average molecular weight is 275 g/mol. The van der Waals surface area contributed by atoms with Crippen molar-refractivity contribution < 1.29 is 0 Å². The molecule has 0 aliphatic heterocycles. The summed E-state index contributed by atoms with van der Waals surface area (Å²) in [6.07, 6.45) is 1.88. The van der Waals surface area contributed by atoms with E-state index in [0.717, 1.165) is 11.0 Å². The maximum Gasteiger partial charge on any atom is 0.0305 e. The molecule has 0 bridgehead atoms. The lowest BCUT2D eigenvalue weighted by Crippen LogP contribution is -2.18. The molecule has 0 aromatic heterocycles. The number of nitrogens with one attached hydrogen (secondary N) is 1. The van der Waals surface area contributed by atoms with Crippen molar-refractivity contribution in [3.63, 3.8) is 0 Å². The summed E-state index contributed by atoms with van der Waals surface area (Å²) in [7, 11) is 0. The van der Waals surface area contributed by atoms with Crippen LogP contribution in [0, 0.1) is 0 Å². The van der Waals surface area contributed by atoms with E-state index in [9.17, 15) is 0 Å². The van der Waals surface area contributed by atoms with Crippen molar-refractivity contribution in [3.05, 3.63) is 45.9 Å². The molecular formula is C11H13BrClN. The Kier molecular flexibility index (Phi) is 5.23. The van der Waals surface area contributed by atoms with Gasteiger partial charge >= 0.3 is 0 Å². The smallest absolute Gasteiger partial charge is 0.0305 e. The molecule has 0 fully saturated rings. The monoisotopic (exact) mass is 273 g/mol. The maximum absolute atomic E-state index is 5.43. The second kappa shape index (κ2) is 6.23. The summed E-state index contributed by atoms with van der Waals surface area (Å²) in [4.78, 5) is 0. The number of rotatable bonds is 4. The SMILES string of the molecule is C[C@@H](NC/C=C/Cl)c1ccccc1Br. The van der Waals surface area contributed by atoms with Gasteiger partial charge in [-0.05, 0) is 18.6 Å². The standard InChI is InChI=1S/C11H13BrClN/c1-9(14-8-4-7-13)10-5-2-3-6-11(10)12/h2-7,9,14H,8H2,1H3/b7-4+/t9-/m1/s1. The van der Waals surface area contributed by atoms with Crippen LogP contribution in [0.25, 0.3) is 0 Å². The van der Waals surface area contributed by atoms with E-state index >= 15 is 0 Å². The van der Waals surface area contributed by atoms with Crippen molar-refractivity contribution in [2.45, 2.75) is 13.0 Å². The first-order valence-electron chi connectivity index (χ1n) is 4.48. The van der Waals surface area contributed by atoms with Gasteiger partial charge in [0.1, 0.15) is 0 Å². The first-order chi connectivity index (χ1) is 6.75. The summed E-state index contributed by atoms with van der Waals surface area (Å²) in [6, 6.07) is 8.52. The minimum absolute atomic E-state index is 0.318. The Morgan fingerprint density at radius 2 is 2.21 bits per heavy atom. The zero-order valence-corrected chi connectivity index (χ0v) is 10.3. The van der Waals surface area contributed by atoms with Crippen LogP contribution >= 0.6 is 27.5 Å². The third-order valence-corrected chi connectivity index (χ3v) is 2.90. The van der Waals surface area contributed by atoms with Gasteiger partial charge in [0.2, 0.25) is 0 Å². The van der Waals surface area contributed by atoms with Gasteiger partial charge in [-0.2, -0.15) is 0 Å². The summed E-state index contributed by atoms with van der Waals surface area (Å²) in [5.41, 5.74) is 2.79. The lowest BCUT2D eigenvalue weighted by molar-refractivity contribution is 0.615. The molecule has 0 saturated carbocycles. The van der Waals surface area contributed by atoms with Crippen molar-refractivity contribution in [2.75, 3.05) is 6.54 Å². The first kappa shape index (κ1) is 11.8. The van der Waals surface area contributed by atoms with Gasteiger partial charge in [0, 0.05) is 22.6 Å². The van der Waals surface area contributed by atoms with Gasteiger partial charge in [0.15, 0.2) is 0 Å². The topological polar surface area (TPSA) is 12.0 Å². The van der Waals surface area contributed by atoms with Gasteiger partial charge in [0.05, 0.1) is 0 Å². The number of halogens is 2. The van der Waals surface area contributed by atoms with Gasteiger partial charge in [0.25, 0.3) is 0 Å². The van der Waals surface area contributed by atoms with Crippen LogP contribution in [-0.2, 0) is 0 Å². The molecule has 14 heavy (non-hydrogen) atoms. The molecule has 1 rings (SSSR count). The minimum atomic E-state index is 0.318. The highest BCUT2D eigenvalue weighted by Gasteiger charge is 2.06. The van der Waals surface area contributed by atoms with Crippen LogP contribution in [0.1, 0.15) is 18.5 Å². The van der Waals surface area contributed by atoms with Crippen LogP contribution in [0.4, 0.5) is 0 Å². The summed E-state index contributed by atoms with van der Waals surface area (Å²) in [5.74, 6) is 0. The number of hydrogen-bond donors (Lipinski definition) is 1. The molecule has 1 N–H and O–H groups in total. The highest BCUT2D eigenvalue weighted by Crippen LogP contribution is 2.22. The third-order valence-electron chi connectivity index (χ3n) is 2.00. The molecule has 0 radical (unpaired) electrons. The van der Waals surface area contributed by atoms with E-state index in [2.05, 4.69) is 34.2 Å². The highest BCUT2D eigenvalue weighted by atomic mass is 79.9. The van der Waals surface area contributed by atoms with E-state index in [-0.39, 0.29) is 0 Å². The normalized spacial score (nSPS) is 13.4. The average Bonchev–Trinajstić information content (AvgIpc) is 2.18. The molecule has 1 atom stereocenters. The summed E-state index contributed by atoms with van der Waals surface area (Å²) < 4.78 is 1.13. The van der Waals surface area contributed by atoms with E-state index in [0.29, 0.717) is 6.04 Å². The van der Waals surface area contributed by atoms with E-state index < -0.39 is 0 Å². The first-order valence-corrected chi connectivity index (χ1v) is 5.71. The Balaban J connectivity index is 2.60. The van der Waals surface area contributed by atoms with Crippen LogP contribution < -0.4 is 5.32 Å². The van der Waals surface area contributed by atoms with Gasteiger partial charge < -0.3 is 5.32 Å². The fourth-order valence-corrected chi connectivity index (χ4v) is 1.94. The molecule has 3 heteroatoms. The minimum Gasteiger partial charge on any atom is -0.307 e. The lowest BCUT2D eigenvalue weighted by Gasteiger charge is -2.14. The van der Waals surface area contributed by atoms with Crippen LogP contribution in [0.3, 0.4) is 0 Å². The molecule has 0 aliphatic rings. The van der Waals surface area contributed by atoms with Crippen molar-refractivity contribution >= 4 is 27.5 Å². The molecule has 0 aliphatic carbocycles. The molecule has 0 spiro atoms. The third kappa shape index (κ3) is 3.45. The molecule has 1 aromatic carbocycles. The van der Waals surface area contributed by atoms with Gasteiger partial charge in [-0.1, -0.05) is 51.8 Å². The van der Waals surface area contributed by atoms with Gasteiger partial charge in [-0.3, -0.25) is 0 Å². The zero-order chi connectivity index (χ0) is 10.4. The fourth-order valence-electron chi connectivity index (χ4n) is 1.23. The Morgan fingerprint density at radius 3 is 2.86 bits per heavy atom. The van der Waals surface area contributed by atoms with Crippen LogP contribution in [0.2, 0.25) is 0 Å². The lowest BCUT2D eigenvalue weighted by atomic mass is 10.1. The Hall–Kier alpha value is -0.310. The molecule has 0 unspecified atom stereocenters. The maximum atomic E-state index is 5.43. The van der Waals surface area contributed by atoms with Gasteiger partial charge in [-0.25, -0.2) is 0 Å². The molecule has 0 amide bonds. The summed E-state index contributed by atoms with van der Waals surface area (Å²) >= 11 is 8.95. The quantitative estimate of drug-likeness (QED) is 0.879. The second-order valence-electron chi connectivity index (χ2n) is 3.01. The fraction of sp³-hybridized carbons (Fsp3) is 0.273.